The number of aromatic nitrogens is 2. The van der Waals surface area contributed by atoms with E-state index >= 15 is 0 Å². The van der Waals surface area contributed by atoms with E-state index in [2.05, 4.69) is 20.6 Å². The Hall–Kier alpha value is -2.91. The van der Waals surface area contributed by atoms with Crippen molar-refractivity contribution in [2.45, 2.75) is 39.5 Å². The van der Waals surface area contributed by atoms with E-state index in [1.54, 1.807) is 0 Å². The standard InChI is InChI=1S/C17H26N4O6/c1-3-5-7-26-12(22)9-18-16(24)14-15(21-11-20-14)17(25)19-10-13(23)27-8-6-4-2/h11H,3-10H2,1-2H3,(H,18,24)(H,19,25)(H,20,21). The van der Waals surface area contributed by atoms with Crippen LogP contribution in [0.15, 0.2) is 6.33 Å². The summed E-state index contributed by atoms with van der Waals surface area (Å²) in [7, 11) is 0. The van der Waals surface area contributed by atoms with E-state index in [9.17, 15) is 19.2 Å². The Balaban J connectivity index is 2.47. The number of hydrogen-bond acceptors (Lipinski definition) is 7. The molecular formula is C17H26N4O6. The van der Waals surface area contributed by atoms with Crippen molar-refractivity contribution in [3.8, 4) is 0 Å². The van der Waals surface area contributed by atoms with Gasteiger partial charge >= 0.3 is 11.9 Å². The first-order valence-electron chi connectivity index (χ1n) is 8.90. The first-order chi connectivity index (χ1) is 13.0. The summed E-state index contributed by atoms with van der Waals surface area (Å²) in [6.07, 6.45) is 4.43. The Morgan fingerprint density at radius 1 is 0.926 bits per heavy atom. The van der Waals surface area contributed by atoms with Crippen LogP contribution in [0.2, 0.25) is 0 Å². The van der Waals surface area contributed by atoms with Crippen LogP contribution in [0.3, 0.4) is 0 Å². The maximum absolute atomic E-state index is 12.1. The lowest BCUT2D eigenvalue weighted by Gasteiger charge is -2.07. The molecule has 0 saturated carbocycles. The molecule has 1 aromatic rings. The Bertz CT molecular complexity index is 591. The number of unbranched alkanes of at least 4 members (excludes halogenated alkanes) is 2. The molecule has 0 aliphatic heterocycles. The summed E-state index contributed by atoms with van der Waals surface area (Å²) >= 11 is 0. The van der Waals surface area contributed by atoms with E-state index in [1.807, 2.05) is 13.8 Å². The van der Waals surface area contributed by atoms with E-state index in [0.717, 1.165) is 25.7 Å². The molecule has 0 aromatic carbocycles. The van der Waals surface area contributed by atoms with Gasteiger partial charge < -0.3 is 25.1 Å². The van der Waals surface area contributed by atoms with Gasteiger partial charge in [0.1, 0.15) is 18.8 Å². The zero-order valence-corrected chi connectivity index (χ0v) is 15.6. The first kappa shape index (κ1) is 22.1. The highest BCUT2D eigenvalue weighted by Gasteiger charge is 2.21. The second-order valence-corrected chi connectivity index (χ2v) is 5.64. The molecule has 0 spiro atoms. The fraction of sp³-hybridized carbons (Fsp3) is 0.588. The topological polar surface area (TPSA) is 139 Å². The summed E-state index contributed by atoms with van der Waals surface area (Å²) in [4.78, 5) is 53.5. The summed E-state index contributed by atoms with van der Waals surface area (Å²) < 4.78 is 9.84. The molecule has 27 heavy (non-hydrogen) atoms. The SMILES string of the molecule is CCCCOC(=O)CNC(=O)c1nc[nH]c1C(=O)NCC(=O)OCCCC. The number of H-pyrrole nitrogens is 1. The second-order valence-electron chi connectivity index (χ2n) is 5.64. The van der Waals surface area contributed by atoms with Crippen LogP contribution >= 0.6 is 0 Å². The van der Waals surface area contributed by atoms with Crippen molar-refractivity contribution >= 4 is 23.8 Å². The minimum absolute atomic E-state index is 0.117. The highest BCUT2D eigenvalue weighted by molar-refractivity contribution is 6.05. The highest BCUT2D eigenvalue weighted by Crippen LogP contribution is 2.03. The van der Waals surface area contributed by atoms with Gasteiger partial charge in [-0.05, 0) is 12.8 Å². The Morgan fingerprint density at radius 2 is 1.44 bits per heavy atom. The predicted molar refractivity (Wildman–Crippen MR) is 95.0 cm³/mol. The van der Waals surface area contributed by atoms with E-state index < -0.39 is 23.8 Å². The van der Waals surface area contributed by atoms with E-state index in [0.29, 0.717) is 0 Å². The average Bonchev–Trinajstić information content (AvgIpc) is 3.14. The maximum atomic E-state index is 12.1. The molecule has 1 heterocycles. The number of carbonyl (C=O) groups is 4. The van der Waals surface area contributed by atoms with Crippen molar-refractivity contribution in [1.29, 1.82) is 0 Å². The van der Waals surface area contributed by atoms with Crippen molar-refractivity contribution in [2.24, 2.45) is 0 Å². The Labute approximate surface area is 157 Å². The quantitative estimate of drug-likeness (QED) is 0.354. The molecule has 0 saturated heterocycles. The van der Waals surface area contributed by atoms with Gasteiger partial charge in [-0.3, -0.25) is 19.2 Å². The molecule has 1 aromatic heterocycles. The van der Waals surface area contributed by atoms with Crippen LogP contribution in [-0.2, 0) is 19.1 Å². The lowest BCUT2D eigenvalue weighted by molar-refractivity contribution is -0.143. The summed E-state index contributed by atoms with van der Waals surface area (Å²) in [5.41, 5.74) is -0.304. The van der Waals surface area contributed by atoms with Crippen LogP contribution in [-0.4, -0.2) is 60.0 Å². The van der Waals surface area contributed by atoms with Gasteiger partial charge in [0.25, 0.3) is 11.8 Å². The normalized spacial score (nSPS) is 10.1. The molecule has 3 N–H and O–H groups in total. The summed E-state index contributed by atoms with van der Waals surface area (Å²) in [6.45, 7) is 3.84. The third kappa shape index (κ3) is 8.34. The van der Waals surface area contributed by atoms with Gasteiger partial charge in [-0.1, -0.05) is 26.7 Å². The molecule has 0 aliphatic carbocycles. The van der Waals surface area contributed by atoms with Crippen molar-refractivity contribution in [1.82, 2.24) is 20.6 Å². The van der Waals surface area contributed by atoms with Crippen molar-refractivity contribution in [3.63, 3.8) is 0 Å². The van der Waals surface area contributed by atoms with Crippen LogP contribution in [0.25, 0.3) is 0 Å². The van der Waals surface area contributed by atoms with Gasteiger partial charge in [-0.25, -0.2) is 4.98 Å². The van der Waals surface area contributed by atoms with E-state index in [1.165, 1.54) is 6.33 Å². The minimum atomic E-state index is -0.709. The minimum Gasteiger partial charge on any atom is -0.464 e. The van der Waals surface area contributed by atoms with Crippen LogP contribution in [0.4, 0.5) is 0 Å². The van der Waals surface area contributed by atoms with E-state index in [-0.39, 0.29) is 37.7 Å². The van der Waals surface area contributed by atoms with Crippen LogP contribution in [0.1, 0.15) is 60.5 Å². The molecule has 0 fully saturated rings. The number of hydrogen-bond donors (Lipinski definition) is 3. The molecule has 0 aliphatic rings. The van der Waals surface area contributed by atoms with Gasteiger partial charge in [-0.2, -0.15) is 0 Å². The fourth-order valence-corrected chi connectivity index (χ4v) is 1.88. The van der Waals surface area contributed by atoms with Crippen LogP contribution in [0.5, 0.6) is 0 Å². The third-order valence-corrected chi connectivity index (χ3v) is 3.39. The molecule has 0 bridgehead atoms. The monoisotopic (exact) mass is 382 g/mol. The molecule has 1 rings (SSSR count). The van der Waals surface area contributed by atoms with Crippen LogP contribution < -0.4 is 10.6 Å². The molecule has 0 atom stereocenters. The van der Waals surface area contributed by atoms with E-state index in [4.69, 9.17) is 9.47 Å². The number of esters is 2. The number of ether oxygens (including phenoxy) is 2. The lowest BCUT2D eigenvalue weighted by Crippen LogP contribution is -2.35. The van der Waals surface area contributed by atoms with Gasteiger partial charge in [0, 0.05) is 0 Å². The van der Waals surface area contributed by atoms with Crippen molar-refractivity contribution < 1.29 is 28.7 Å². The van der Waals surface area contributed by atoms with Crippen LogP contribution in [0, 0.1) is 0 Å². The zero-order valence-electron chi connectivity index (χ0n) is 15.6. The van der Waals surface area contributed by atoms with Crippen molar-refractivity contribution in [3.05, 3.63) is 17.7 Å². The highest BCUT2D eigenvalue weighted by atomic mass is 16.5. The third-order valence-electron chi connectivity index (χ3n) is 3.39. The number of amides is 2. The Kier molecular flexibility index (Phi) is 10.2. The maximum Gasteiger partial charge on any atom is 0.325 e. The summed E-state index contributed by atoms with van der Waals surface area (Å²) in [5, 5.41) is 4.69. The van der Waals surface area contributed by atoms with Crippen molar-refractivity contribution in [2.75, 3.05) is 26.3 Å². The Morgan fingerprint density at radius 3 is 1.96 bits per heavy atom. The average molecular weight is 382 g/mol. The summed E-state index contributed by atoms with van der Waals surface area (Å²) in [5.74, 6) is -2.54. The van der Waals surface area contributed by atoms with Gasteiger partial charge in [0.2, 0.25) is 0 Å². The molecule has 10 heteroatoms. The number of nitrogens with zero attached hydrogens (tertiary/aromatic N) is 1. The number of nitrogens with one attached hydrogen (secondary N) is 3. The fourth-order valence-electron chi connectivity index (χ4n) is 1.88. The molecule has 150 valence electrons. The van der Waals surface area contributed by atoms with Gasteiger partial charge in [0.15, 0.2) is 5.69 Å². The number of aromatic amines is 1. The zero-order chi connectivity index (χ0) is 20.1. The second kappa shape index (κ2) is 12.4. The number of imidazole rings is 1. The smallest absolute Gasteiger partial charge is 0.325 e. The number of rotatable bonds is 12. The van der Waals surface area contributed by atoms with Gasteiger partial charge in [-0.15, -0.1) is 0 Å². The number of carbonyl (C=O) groups excluding carboxylic acids is 4. The largest absolute Gasteiger partial charge is 0.464 e. The molecule has 2 amide bonds. The molecule has 10 nitrogen and oxygen atoms in total. The molecule has 0 radical (unpaired) electrons. The molecular weight excluding hydrogens is 356 g/mol. The lowest BCUT2D eigenvalue weighted by atomic mass is 10.3. The predicted octanol–water partition coefficient (Wildman–Crippen LogP) is 0.556. The molecule has 0 unspecified atom stereocenters. The summed E-state index contributed by atoms with van der Waals surface area (Å²) in [6, 6.07) is 0. The van der Waals surface area contributed by atoms with Gasteiger partial charge in [0.05, 0.1) is 19.5 Å². The first-order valence-corrected chi connectivity index (χ1v) is 8.90.